The van der Waals surface area contributed by atoms with Gasteiger partial charge in [-0.1, -0.05) is 12.1 Å². The van der Waals surface area contributed by atoms with Gasteiger partial charge >= 0.3 is 0 Å². The van der Waals surface area contributed by atoms with Gasteiger partial charge in [0, 0.05) is 23.8 Å². The zero-order chi connectivity index (χ0) is 11.1. The second-order valence-electron chi connectivity index (χ2n) is 4.60. The molecule has 2 aromatic rings. The normalized spacial score (nSPS) is 12.3. The zero-order valence-corrected chi connectivity index (χ0v) is 9.62. The standard InChI is InChI=1S/C13H18N2/c1-4-15-8-7-10-5-6-11(9-12(10)15)13(2,3)14/h5-9H,4,14H2,1-3H3. The predicted octanol–water partition coefficient (Wildman–Crippen LogP) is 2.86. The minimum Gasteiger partial charge on any atom is -0.348 e. The van der Waals surface area contributed by atoms with E-state index in [4.69, 9.17) is 5.73 Å². The lowest BCUT2D eigenvalue weighted by atomic mass is 9.95. The van der Waals surface area contributed by atoms with Gasteiger partial charge in [-0.15, -0.1) is 0 Å². The molecule has 0 fully saturated rings. The monoisotopic (exact) mass is 202 g/mol. The van der Waals surface area contributed by atoms with E-state index in [0.717, 1.165) is 6.54 Å². The van der Waals surface area contributed by atoms with Crippen molar-refractivity contribution in [3.8, 4) is 0 Å². The fraction of sp³-hybridized carbons (Fsp3) is 0.385. The molecule has 0 spiro atoms. The number of hydrogen-bond acceptors (Lipinski definition) is 1. The van der Waals surface area contributed by atoms with Crippen LogP contribution >= 0.6 is 0 Å². The van der Waals surface area contributed by atoms with Crippen LogP contribution in [0, 0.1) is 0 Å². The van der Waals surface area contributed by atoms with E-state index < -0.39 is 0 Å². The predicted molar refractivity (Wildman–Crippen MR) is 64.8 cm³/mol. The molecule has 1 heterocycles. The second kappa shape index (κ2) is 3.38. The molecule has 0 unspecified atom stereocenters. The Bertz CT molecular complexity index is 475. The van der Waals surface area contributed by atoms with Crippen LogP contribution in [0.15, 0.2) is 30.5 Å². The molecular formula is C13H18N2. The van der Waals surface area contributed by atoms with Crippen molar-refractivity contribution in [3.05, 3.63) is 36.0 Å². The first-order chi connectivity index (χ1) is 7.02. The highest BCUT2D eigenvalue weighted by molar-refractivity contribution is 5.81. The minimum absolute atomic E-state index is 0.267. The van der Waals surface area contributed by atoms with Crippen molar-refractivity contribution >= 4 is 10.9 Å². The van der Waals surface area contributed by atoms with Gasteiger partial charge in [0.2, 0.25) is 0 Å². The molecule has 0 saturated carbocycles. The van der Waals surface area contributed by atoms with Crippen LogP contribution < -0.4 is 5.73 Å². The zero-order valence-electron chi connectivity index (χ0n) is 9.62. The van der Waals surface area contributed by atoms with Gasteiger partial charge in [0.25, 0.3) is 0 Å². The van der Waals surface area contributed by atoms with Gasteiger partial charge in [0.1, 0.15) is 0 Å². The third-order valence-corrected chi connectivity index (χ3v) is 2.86. The summed E-state index contributed by atoms with van der Waals surface area (Å²) in [4.78, 5) is 0. The van der Waals surface area contributed by atoms with Crippen LogP contribution in [-0.4, -0.2) is 4.57 Å². The van der Waals surface area contributed by atoms with Crippen LogP contribution in [0.1, 0.15) is 26.3 Å². The molecule has 15 heavy (non-hydrogen) atoms. The van der Waals surface area contributed by atoms with E-state index in [1.54, 1.807) is 0 Å². The van der Waals surface area contributed by atoms with Crippen molar-refractivity contribution in [1.29, 1.82) is 0 Å². The van der Waals surface area contributed by atoms with Crippen LogP contribution in [0.2, 0.25) is 0 Å². The Hall–Kier alpha value is -1.28. The molecule has 0 aliphatic heterocycles. The summed E-state index contributed by atoms with van der Waals surface area (Å²) in [6.07, 6.45) is 2.12. The number of aromatic nitrogens is 1. The molecule has 0 atom stereocenters. The van der Waals surface area contributed by atoms with Gasteiger partial charge in [0.05, 0.1) is 0 Å². The highest BCUT2D eigenvalue weighted by atomic mass is 14.9. The van der Waals surface area contributed by atoms with Gasteiger partial charge in [0.15, 0.2) is 0 Å². The average molecular weight is 202 g/mol. The number of nitrogens with zero attached hydrogens (tertiary/aromatic N) is 1. The molecule has 0 saturated heterocycles. The van der Waals surface area contributed by atoms with E-state index in [1.165, 1.54) is 16.5 Å². The van der Waals surface area contributed by atoms with Crippen molar-refractivity contribution in [3.63, 3.8) is 0 Å². The fourth-order valence-electron chi connectivity index (χ4n) is 1.86. The number of fused-ring (bicyclic) bond motifs is 1. The Kier molecular flexibility index (Phi) is 2.31. The van der Waals surface area contributed by atoms with E-state index in [1.807, 2.05) is 13.8 Å². The van der Waals surface area contributed by atoms with Gasteiger partial charge in [-0.25, -0.2) is 0 Å². The van der Waals surface area contributed by atoms with E-state index in [0.29, 0.717) is 0 Å². The molecule has 1 aromatic heterocycles. The number of hydrogen-bond donors (Lipinski definition) is 1. The third kappa shape index (κ3) is 1.77. The largest absolute Gasteiger partial charge is 0.348 e. The number of aryl methyl sites for hydroxylation is 1. The van der Waals surface area contributed by atoms with E-state index in [2.05, 4.69) is 42.0 Å². The molecule has 0 aliphatic rings. The van der Waals surface area contributed by atoms with E-state index in [9.17, 15) is 0 Å². The van der Waals surface area contributed by atoms with E-state index in [-0.39, 0.29) is 5.54 Å². The summed E-state index contributed by atoms with van der Waals surface area (Å²) >= 11 is 0. The summed E-state index contributed by atoms with van der Waals surface area (Å²) < 4.78 is 2.24. The molecule has 2 N–H and O–H groups in total. The van der Waals surface area contributed by atoms with Crippen LogP contribution in [0.3, 0.4) is 0 Å². The molecular weight excluding hydrogens is 184 g/mol. The van der Waals surface area contributed by atoms with Gasteiger partial charge < -0.3 is 10.3 Å². The lowest BCUT2D eigenvalue weighted by Crippen LogP contribution is -2.28. The Labute approximate surface area is 90.7 Å². The Morgan fingerprint density at radius 3 is 2.60 bits per heavy atom. The molecule has 2 nitrogen and oxygen atoms in total. The lowest BCUT2D eigenvalue weighted by molar-refractivity contribution is 0.555. The molecule has 2 heteroatoms. The molecule has 0 radical (unpaired) electrons. The minimum atomic E-state index is -0.267. The Morgan fingerprint density at radius 1 is 1.27 bits per heavy atom. The number of benzene rings is 1. The maximum atomic E-state index is 6.10. The molecule has 1 aromatic carbocycles. The molecule has 0 amide bonds. The summed E-state index contributed by atoms with van der Waals surface area (Å²) in [5, 5.41) is 1.28. The van der Waals surface area contributed by atoms with Crippen LogP contribution in [0.4, 0.5) is 0 Å². The van der Waals surface area contributed by atoms with Crippen molar-refractivity contribution in [2.75, 3.05) is 0 Å². The first-order valence-corrected chi connectivity index (χ1v) is 5.40. The number of nitrogens with two attached hydrogens (primary N) is 1. The summed E-state index contributed by atoms with van der Waals surface area (Å²) in [6.45, 7) is 7.22. The van der Waals surface area contributed by atoms with Crippen molar-refractivity contribution in [1.82, 2.24) is 4.57 Å². The van der Waals surface area contributed by atoms with E-state index >= 15 is 0 Å². The number of rotatable bonds is 2. The van der Waals surface area contributed by atoms with Crippen molar-refractivity contribution < 1.29 is 0 Å². The molecule has 0 aliphatic carbocycles. The first-order valence-electron chi connectivity index (χ1n) is 5.40. The Morgan fingerprint density at radius 2 is 2.00 bits per heavy atom. The van der Waals surface area contributed by atoms with Crippen LogP contribution in [0.5, 0.6) is 0 Å². The summed E-state index contributed by atoms with van der Waals surface area (Å²) in [5.41, 5.74) is 8.29. The first kappa shape index (κ1) is 10.2. The average Bonchev–Trinajstić information content (AvgIpc) is 2.57. The fourth-order valence-corrected chi connectivity index (χ4v) is 1.86. The maximum absolute atomic E-state index is 6.10. The second-order valence-corrected chi connectivity index (χ2v) is 4.60. The summed E-state index contributed by atoms with van der Waals surface area (Å²) in [6, 6.07) is 8.60. The molecule has 80 valence electrons. The van der Waals surface area contributed by atoms with Gasteiger partial charge in [-0.3, -0.25) is 0 Å². The highest BCUT2D eigenvalue weighted by Gasteiger charge is 2.14. The molecule has 0 bridgehead atoms. The lowest BCUT2D eigenvalue weighted by Gasteiger charge is -2.19. The van der Waals surface area contributed by atoms with Crippen molar-refractivity contribution in [2.45, 2.75) is 32.9 Å². The summed E-state index contributed by atoms with van der Waals surface area (Å²) in [7, 11) is 0. The van der Waals surface area contributed by atoms with Crippen LogP contribution in [0.25, 0.3) is 10.9 Å². The maximum Gasteiger partial charge on any atom is 0.0483 e. The highest BCUT2D eigenvalue weighted by Crippen LogP contribution is 2.23. The van der Waals surface area contributed by atoms with Crippen molar-refractivity contribution in [2.24, 2.45) is 5.73 Å². The topological polar surface area (TPSA) is 30.9 Å². The summed E-state index contributed by atoms with van der Waals surface area (Å²) in [5.74, 6) is 0. The smallest absolute Gasteiger partial charge is 0.0483 e. The van der Waals surface area contributed by atoms with Gasteiger partial charge in [-0.05, 0) is 43.9 Å². The quantitative estimate of drug-likeness (QED) is 0.797. The van der Waals surface area contributed by atoms with Crippen LogP contribution in [-0.2, 0) is 12.1 Å². The SMILES string of the molecule is CCn1ccc2ccc(C(C)(C)N)cc21. The molecule has 2 rings (SSSR count). The van der Waals surface area contributed by atoms with Gasteiger partial charge in [-0.2, -0.15) is 0 Å². The third-order valence-electron chi connectivity index (χ3n) is 2.86. The Balaban J connectivity index is 2.63.